The van der Waals surface area contributed by atoms with Gasteiger partial charge < -0.3 is 51.1 Å². The van der Waals surface area contributed by atoms with E-state index in [9.17, 15) is 43.1 Å². The number of likely N-dealkylation sites (N-methyl/N-ethyl adjacent to an activating group) is 4. The molecule has 0 unspecified atom stereocenters. The van der Waals surface area contributed by atoms with E-state index in [4.69, 9.17) is 10.5 Å². The zero-order valence-electron chi connectivity index (χ0n) is 48.7. The first kappa shape index (κ1) is 64.8. The lowest BCUT2D eigenvalue weighted by Gasteiger charge is -2.39. The van der Waals surface area contributed by atoms with Crippen molar-refractivity contribution >= 4 is 47.3 Å². The number of amides is 7. The van der Waals surface area contributed by atoms with Gasteiger partial charge in [0.15, 0.2) is 12.1 Å². The van der Waals surface area contributed by atoms with Gasteiger partial charge in [0, 0.05) is 46.4 Å². The quantitative estimate of drug-likeness (QED) is 0.0645. The first-order chi connectivity index (χ1) is 37.0. The first-order valence-corrected chi connectivity index (χ1v) is 27.5. The summed E-state index contributed by atoms with van der Waals surface area (Å²) in [5.41, 5.74) is 6.67. The van der Waals surface area contributed by atoms with Crippen LogP contribution in [0.3, 0.4) is 0 Å². The number of carbonyl (C=O) groups excluding carboxylic acids is 8. The molecule has 1 heterocycles. The lowest BCUT2D eigenvalue weighted by atomic mass is 9.94. The van der Waals surface area contributed by atoms with Gasteiger partial charge in [-0.3, -0.25) is 33.6 Å². The number of nitrogens with two attached hydrogens (primary N) is 1. The molecule has 19 heteroatoms. The van der Waals surface area contributed by atoms with E-state index < -0.39 is 119 Å². The van der Waals surface area contributed by atoms with Gasteiger partial charge in [0.25, 0.3) is 5.91 Å². The van der Waals surface area contributed by atoms with Gasteiger partial charge in [0.1, 0.15) is 36.0 Å². The Kier molecular flexibility index (Phi) is 23.7. The van der Waals surface area contributed by atoms with Gasteiger partial charge >= 0.3 is 5.97 Å². The molecule has 4 rings (SSSR count). The Balaban J connectivity index is 1.70. The topological polar surface area (TPSA) is 241 Å². The lowest BCUT2D eigenvalue weighted by Crippen LogP contribution is -2.62. The van der Waals surface area contributed by atoms with Crippen LogP contribution in [0.15, 0.2) is 78.9 Å². The van der Waals surface area contributed by atoms with Crippen LogP contribution in [-0.4, -0.2) is 161 Å². The number of nitrogens with one attached hydrogen (secondary N) is 3. The van der Waals surface area contributed by atoms with Crippen molar-refractivity contribution in [2.45, 2.75) is 162 Å². The number of aliphatic hydroxyl groups is 1. The molecule has 3 aromatic rings. The first-order valence-electron chi connectivity index (χ1n) is 27.5. The summed E-state index contributed by atoms with van der Waals surface area (Å²) >= 11 is 0. The smallest absolute Gasteiger partial charge is 0.332 e. The van der Waals surface area contributed by atoms with E-state index in [1.54, 1.807) is 89.3 Å². The second-order valence-corrected chi connectivity index (χ2v) is 22.8. The number of likely N-dealkylation sites (tertiary alicyclic amines) is 1. The molecule has 1 saturated heterocycles. The van der Waals surface area contributed by atoms with Gasteiger partial charge in [-0.1, -0.05) is 122 Å². The van der Waals surface area contributed by atoms with Crippen LogP contribution in [-0.2, 0) is 55.9 Å². The van der Waals surface area contributed by atoms with Gasteiger partial charge in [-0.15, -0.1) is 0 Å². The van der Waals surface area contributed by atoms with E-state index in [-0.39, 0.29) is 37.6 Å². The predicted octanol–water partition coefficient (Wildman–Crippen LogP) is 4.88. The Morgan fingerprint density at radius 3 is 1.89 bits per heavy atom. The van der Waals surface area contributed by atoms with Gasteiger partial charge in [-0.25, -0.2) is 9.18 Å². The molecule has 79 heavy (non-hydrogen) atoms. The summed E-state index contributed by atoms with van der Waals surface area (Å²) in [6.45, 7) is 17.3. The standard InChI is InChI=1S/C60H87FN8O10/c1-15-38(8)50(79-59(77)51(60(9,10)78)68(14)56(74)44(31-35(2)3)64-53(71)48(63-11)36(4)5)58(76)67(13)49(37(6)7)54(72)65-45(33-39-21-17-16-18-22-39)55(73)66(12)47(57(75)69-30-20-25-46(69)52(62)70)34-40-23-19-24-42(32-40)41-26-28-43(61)29-27-41/h16-19,21-24,26-29,32,35-38,44-51,63,78H,15,20,25,30-31,33-34H2,1-14H3,(H2,62,70)(H,64,71)(H,65,72)/t38-,44-,45-,46-,47-,48-,49-,50+,51+/m0/s1. The maximum atomic E-state index is 15.2. The highest BCUT2D eigenvalue weighted by molar-refractivity contribution is 5.97. The van der Waals surface area contributed by atoms with Crippen LogP contribution in [0.5, 0.6) is 0 Å². The summed E-state index contributed by atoms with van der Waals surface area (Å²) in [5.74, 6) is -7.28. The van der Waals surface area contributed by atoms with Crippen LogP contribution in [0, 0.1) is 29.5 Å². The van der Waals surface area contributed by atoms with Gasteiger partial charge in [-0.2, -0.15) is 0 Å². The number of primary amides is 1. The zero-order chi connectivity index (χ0) is 59.2. The van der Waals surface area contributed by atoms with Crippen molar-refractivity contribution in [1.29, 1.82) is 0 Å². The van der Waals surface area contributed by atoms with Crippen molar-refractivity contribution in [2.24, 2.45) is 29.4 Å². The van der Waals surface area contributed by atoms with Crippen LogP contribution < -0.4 is 21.7 Å². The Morgan fingerprint density at radius 2 is 1.34 bits per heavy atom. The van der Waals surface area contributed by atoms with E-state index in [0.29, 0.717) is 30.4 Å². The fourth-order valence-corrected chi connectivity index (χ4v) is 10.4. The largest absolute Gasteiger partial charge is 0.450 e. The fourth-order valence-electron chi connectivity index (χ4n) is 10.4. The number of hydrogen-bond acceptors (Lipinski definition) is 11. The number of esters is 1. The number of rotatable bonds is 27. The molecular weight excluding hydrogens is 1010 g/mol. The predicted molar refractivity (Wildman–Crippen MR) is 301 cm³/mol. The third-order valence-electron chi connectivity index (χ3n) is 14.9. The van der Waals surface area contributed by atoms with E-state index in [1.165, 1.54) is 61.8 Å². The van der Waals surface area contributed by atoms with Crippen molar-refractivity contribution < 1.29 is 52.6 Å². The molecule has 9 atom stereocenters. The molecule has 0 radical (unpaired) electrons. The van der Waals surface area contributed by atoms with Crippen LogP contribution in [0.2, 0.25) is 0 Å². The van der Waals surface area contributed by atoms with Crippen LogP contribution >= 0.6 is 0 Å². The van der Waals surface area contributed by atoms with Crippen LogP contribution in [0.4, 0.5) is 4.39 Å². The number of nitrogens with zero attached hydrogens (tertiary/aromatic N) is 4. The third-order valence-corrected chi connectivity index (χ3v) is 14.9. The Labute approximate surface area is 466 Å². The summed E-state index contributed by atoms with van der Waals surface area (Å²) in [6.07, 6.45) is -0.138. The third kappa shape index (κ3) is 17.1. The zero-order valence-corrected chi connectivity index (χ0v) is 48.7. The van der Waals surface area contributed by atoms with E-state index in [2.05, 4.69) is 16.0 Å². The van der Waals surface area contributed by atoms with Gasteiger partial charge in [0.2, 0.25) is 35.4 Å². The Hall–Kier alpha value is -6.73. The average Bonchev–Trinajstić information content (AvgIpc) is 3.93. The normalized spacial score (nSPS) is 16.7. The number of hydrogen-bond donors (Lipinski definition) is 5. The summed E-state index contributed by atoms with van der Waals surface area (Å²) in [6, 6.07) is 14.2. The minimum atomic E-state index is -1.92. The Morgan fingerprint density at radius 1 is 0.747 bits per heavy atom. The molecule has 18 nitrogen and oxygen atoms in total. The van der Waals surface area contributed by atoms with Crippen molar-refractivity contribution in [3.8, 4) is 11.1 Å². The number of carbonyl (C=O) groups is 8. The highest BCUT2D eigenvalue weighted by Crippen LogP contribution is 2.27. The molecule has 1 fully saturated rings. The number of benzene rings is 3. The molecule has 0 bridgehead atoms. The number of ether oxygens (including phenoxy) is 1. The summed E-state index contributed by atoms with van der Waals surface area (Å²) in [7, 11) is 5.83. The van der Waals surface area contributed by atoms with Gasteiger partial charge in [0.05, 0.1) is 11.6 Å². The Bertz CT molecular complexity index is 2570. The molecule has 3 aromatic carbocycles. The molecular formula is C60H87FN8O10. The second-order valence-electron chi connectivity index (χ2n) is 22.8. The molecule has 0 aliphatic carbocycles. The summed E-state index contributed by atoms with van der Waals surface area (Å²) < 4.78 is 20.0. The molecule has 1 aliphatic heterocycles. The average molecular weight is 1100 g/mol. The van der Waals surface area contributed by atoms with Crippen molar-refractivity contribution in [3.05, 3.63) is 95.8 Å². The number of halogens is 1. The summed E-state index contributed by atoms with van der Waals surface area (Å²) in [5, 5.41) is 20.3. The minimum Gasteiger partial charge on any atom is -0.450 e. The molecule has 0 spiro atoms. The van der Waals surface area contributed by atoms with Crippen molar-refractivity contribution in [3.63, 3.8) is 0 Å². The molecule has 6 N–H and O–H groups in total. The SMILES string of the molecule is CC[C@H](C)[C@@H](OC(=O)[C@@H](N(C)C(=O)[C@H](CC(C)C)NC(=O)[C@@H](NC)C(C)C)C(C)(C)O)C(=O)N(C)[C@H](C(=O)N[C@@H](Cc1ccccc1)C(=O)N(C)[C@@H](Cc1cccc(-c2ccc(F)cc2)c1)C(=O)N1CCC[C@H]1C(N)=O)C(C)C. The molecule has 7 amide bonds. The molecule has 434 valence electrons. The highest BCUT2D eigenvalue weighted by atomic mass is 19.1. The van der Waals surface area contributed by atoms with E-state index >= 15 is 4.79 Å². The van der Waals surface area contributed by atoms with Crippen molar-refractivity contribution in [1.82, 2.24) is 35.6 Å². The highest BCUT2D eigenvalue weighted by Gasteiger charge is 2.47. The van der Waals surface area contributed by atoms with E-state index in [1.807, 2.05) is 39.8 Å². The minimum absolute atomic E-state index is 0.00553. The maximum Gasteiger partial charge on any atom is 0.332 e. The van der Waals surface area contributed by atoms with Crippen LogP contribution in [0.25, 0.3) is 11.1 Å². The monoisotopic (exact) mass is 1100 g/mol. The summed E-state index contributed by atoms with van der Waals surface area (Å²) in [4.78, 5) is 120. The molecule has 0 saturated carbocycles. The van der Waals surface area contributed by atoms with Crippen molar-refractivity contribution in [2.75, 3.05) is 34.7 Å². The second kappa shape index (κ2) is 28.9. The molecule has 1 aliphatic rings. The fraction of sp³-hybridized carbons (Fsp3) is 0.567. The lowest BCUT2D eigenvalue weighted by molar-refractivity contribution is -0.177. The van der Waals surface area contributed by atoms with Gasteiger partial charge in [-0.05, 0) is 98.7 Å². The van der Waals surface area contributed by atoms with E-state index in [0.717, 1.165) is 16.0 Å². The molecule has 0 aromatic heterocycles. The van der Waals surface area contributed by atoms with Crippen LogP contribution in [0.1, 0.15) is 106 Å². The maximum absolute atomic E-state index is 15.2.